The van der Waals surface area contributed by atoms with Gasteiger partial charge in [-0.05, 0) is 77.8 Å². The van der Waals surface area contributed by atoms with Gasteiger partial charge in [0.25, 0.3) is 5.91 Å². The summed E-state index contributed by atoms with van der Waals surface area (Å²) in [6.07, 6.45) is 3.34. The van der Waals surface area contributed by atoms with Crippen LogP contribution in [0.2, 0.25) is 5.02 Å². The second kappa shape index (κ2) is 7.58. The average molecular weight is 428 g/mol. The number of fused-ring (bicyclic) bond motifs is 3. The minimum atomic E-state index is -0.278. The number of hydrogen-bond donors (Lipinski definition) is 2. The van der Waals surface area contributed by atoms with E-state index in [1.54, 1.807) is 19.2 Å². The number of carbonyl (C=O) groups is 1. The first-order valence-corrected chi connectivity index (χ1v) is 11.0. The van der Waals surface area contributed by atoms with Gasteiger partial charge < -0.3 is 15.2 Å². The minimum absolute atomic E-state index is 0.0403. The number of carbonyl (C=O) groups excluding carboxylic acids is 1. The molecular formula is C25H30ClNO3. The highest BCUT2D eigenvalue weighted by atomic mass is 35.5. The molecule has 0 heterocycles. The largest absolute Gasteiger partial charge is 0.496 e. The zero-order valence-electron chi connectivity index (χ0n) is 18.1. The molecule has 0 aromatic heterocycles. The lowest BCUT2D eigenvalue weighted by molar-refractivity contribution is -0.0731. The molecule has 0 saturated heterocycles. The molecule has 1 saturated carbocycles. The van der Waals surface area contributed by atoms with E-state index in [1.165, 1.54) is 11.1 Å². The number of hydrogen-bond acceptors (Lipinski definition) is 3. The lowest BCUT2D eigenvalue weighted by atomic mass is 9.49. The molecule has 4 nitrogen and oxygen atoms in total. The third kappa shape index (κ3) is 3.30. The molecule has 1 amide bonds. The predicted molar refractivity (Wildman–Crippen MR) is 121 cm³/mol. The number of methoxy groups -OCH3 is 1. The zero-order valence-corrected chi connectivity index (χ0v) is 18.8. The van der Waals surface area contributed by atoms with Gasteiger partial charge in [-0.25, -0.2) is 0 Å². The smallest absolute Gasteiger partial charge is 0.259 e. The predicted octanol–water partition coefficient (Wildman–Crippen LogP) is 5.60. The molecule has 160 valence electrons. The van der Waals surface area contributed by atoms with Gasteiger partial charge in [0.05, 0.1) is 29.5 Å². The van der Waals surface area contributed by atoms with E-state index < -0.39 is 0 Å². The molecule has 2 N–H and O–H groups in total. The van der Waals surface area contributed by atoms with Crippen LogP contribution in [0.3, 0.4) is 0 Å². The topological polar surface area (TPSA) is 58.6 Å². The van der Waals surface area contributed by atoms with E-state index in [2.05, 4.69) is 32.2 Å². The number of nitrogens with one attached hydrogen (secondary N) is 1. The summed E-state index contributed by atoms with van der Waals surface area (Å²) in [6, 6.07) is 11.2. The van der Waals surface area contributed by atoms with E-state index in [1.807, 2.05) is 18.2 Å². The summed E-state index contributed by atoms with van der Waals surface area (Å²) in [7, 11) is 1.60. The van der Waals surface area contributed by atoms with Gasteiger partial charge in [-0.2, -0.15) is 0 Å². The van der Waals surface area contributed by atoms with E-state index in [-0.39, 0.29) is 22.8 Å². The Morgan fingerprint density at radius 1 is 1.20 bits per heavy atom. The fraction of sp³-hybridized carbons (Fsp3) is 0.480. The van der Waals surface area contributed by atoms with Crippen LogP contribution in [0.4, 0.5) is 5.69 Å². The standard InChI is InChI=1S/C25H30ClNO3/c1-24(2)21-10-9-15-13-16(23(29)27-19-8-6-5-7-18(19)26)20(30-4)14-17(15)25(21,3)12-11-22(24)28/h5-8,13-14,21-22,28H,9-12H2,1-4H3,(H,27,29)/t21-,22-,25+/m0/s1. The summed E-state index contributed by atoms with van der Waals surface area (Å²) in [5.74, 6) is 0.729. The summed E-state index contributed by atoms with van der Waals surface area (Å²) in [6.45, 7) is 6.69. The van der Waals surface area contributed by atoms with E-state index in [0.29, 0.717) is 27.9 Å². The second-order valence-electron chi connectivity index (χ2n) is 9.53. The molecule has 0 bridgehead atoms. The van der Waals surface area contributed by atoms with E-state index in [0.717, 1.165) is 25.7 Å². The molecule has 4 rings (SSSR count). The van der Waals surface area contributed by atoms with Crippen LogP contribution in [0, 0.1) is 11.3 Å². The maximum Gasteiger partial charge on any atom is 0.259 e. The van der Waals surface area contributed by atoms with Crippen LogP contribution >= 0.6 is 11.6 Å². The van der Waals surface area contributed by atoms with E-state index >= 15 is 0 Å². The second-order valence-corrected chi connectivity index (χ2v) is 9.94. The van der Waals surface area contributed by atoms with Crippen LogP contribution in [0.1, 0.15) is 61.5 Å². The maximum absolute atomic E-state index is 13.1. The lowest BCUT2D eigenvalue weighted by Crippen LogP contribution is -2.53. The van der Waals surface area contributed by atoms with Crippen LogP contribution in [0.15, 0.2) is 36.4 Å². The van der Waals surface area contributed by atoms with Crippen molar-refractivity contribution in [1.82, 2.24) is 0 Å². The van der Waals surface area contributed by atoms with Crippen molar-refractivity contribution in [2.45, 2.75) is 58.0 Å². The Balaban J connectivity index is 1.73. The molecule has 1 fully saturated rings. The number of anilines is 1. The molecule has 2 aromatic rings. The normalized spacial score (nSPS) is 27.0. The van der Waals surface area contributed by atoms with Crippen LogP contribution in [-0.2, 0) is 11.8 Å². The number of amides is 1. The van der Waals surface area contributed by atoms with Crippen LogP contribution < -0.4 is 10.1 Å². The number of para-hydroxylation sites is 1. The molecule has 2 aliphatic carbocycles. The Bertz CT molecular complexity index is 986. The molecule has 0 radical (unpaired) electrons. The Kier molecular flexibility index (Phi) is 5.36. The summed E-state index contributed by atoms with van der Waals surface area (Å²) in [4.78, 5) is 13.1. The zero-order chi connectivity index (χ0) is 21.7. The Morgan fingerprint density at radius 2 is 1.93 bits per heavy atom. The molecule has 0 unspecified atom stereocenters. The molecule has 5 heteroatoms. The molecule has 2 aromatic carbocycles. The molecule has 3 atom stereocenters. The number of halogens is 1. The first kappa shape index (κ1) is 21.2. The van der Waals surface area contributed by atoms with Crippen molar-refractivity contribution >= 4 is 23.2 Å². The molecule has 30 heavy (non-hydrogen) atoms. The third-order valence-electron chi connectivity index (χ3n) is 7.57. The highest BCUT2D eigenvalue weighted by Gasteiger charge is 2.53. The van der Waals surface area contributed by atoms with Crippen molar-refractivity contribution in [3.63, 3.8) is 0 Å². The molecule has 2 aliphatic rings. The Morgan fingerprint density at radius 3 is 2.63 bits per heavy atom. The highest BCUT2D eigenvalue weighted by molar-refractivity contribution is 6.33. The van der Waals surface area contributed by atoms with Gasteiger partial charge in [0.1, 0.15) is 5.75 Å². The first-order chi connectivity index (χ1) is 14.2. The first-order valence-electron chi connectivity index (χ1n) is 10.6. The van der Waals surface area contributed by atoms with Gasteiger partial charge in [-0.15, -0.1) is 0 Å². The van der Waals surface area contributed by atoms with Crippen LogP contribution in [-0.4, -0.2) is 24.2 Å². The van der Waals surface area contributed by atoms with Gasteiger partial charge in [0, 0.05) is 0 Å². The van der Waals surface area contributed by atoms with Gasteiger partial charge in [-0.3, -0.25) is 4.79 Å². The van der Waals surface area contributed by atoms with Gasteiger partial charge in [0.2, 0.25) is 0 Å². The lowest BCUT2D eigenvalue weighted by Gasteiger charge is -2.56. The average Bonchev–Trinajstić information content (AvgIpc) is 2.72. The summed E-state index contributed by atoms with van der Waals surface area (Å²) in [5.41, 5.74) is 3.38. The number of aryl methyl sites for hydroxylation is 1. The van der Waals surface area contributed by atoms with Crippen molar-refractivity contribution in [2.24, 2.45) is 11.3 Å². The number of benzene rings is 2. The Hall–Kier alpha value is -2.04. The Labute approximate surface area is 183 Å². The molecule has 0 spiro atoms. The maximum atomic E-state index is 13.1. The van der Waals surface area contributed by atoms with Gasteiger partial charge in [0.15, 0.2) is 0 Å². The quantitative estimate of drug-likeness (QED) is 0.670. The summed E-state index contributed by atoms with van der Waals surface area (Å²) in [5, 5.41) is 14.0. The van der Waals surface area contributed by atoms with Crippen molar-refractivity contribution in [1.29, 1.82) is 0 Å². The fourth-order valence-corrected chi connectivity index (χ4v) is 5.99. The van der Waals surface area contributed by atoms with Crippen molar-refractivity contribution in [3.05, 3.63) is 58.1 Å². The minimum Gasteiger partial charge on any atom is -0.496 e. The fourth-order valence-electron chi connectivity index (χ4n) is 5.81. The van der Waals surface area contributed by atoms with Crippen molar-refractivity contribution < 1.29 is 14.6 Å². The van der Waals surface area contributed by atoms with E-state index in [9.17, 15) is 9.90 Å². The van der Waals surface area contributed by atoms with Crippen molar-refractivity contribution in [3.8, 4) is 5.75 Å². The number of ether oxygens (including phenoxy) is 1. The van der Waals surface area contributed by atoms with Crippen LogP contribution in [0.25, 0.3) is 0 Å². The van der Waals surface area contributed by atoms with Gasteiger partial charge >= 0.3 is 0 Å². The van der Waals surface area contributed by atoms with Crippen molar-refractivity contribution in [2.75, 3.05) is 12.4 Å². The molecular weight excluding hydrogens is 398 g/mol. The number of aliphatic hydroxyl groups excluding tert-OH is 1. The number of rotatable bonds is 3. The van der Waals surface area contributed by atoms with E-state index in [4.69, 9.17) is 16.3 Å². The SMILES string of the molecule is COc1cc2c(cc1C(=O)Nc1ccccc1Cl)CC[C@H]1C(C)(C)[C@@H](O)CC[C@]21C. The summed E-state index contributed by atoms with van der Waals surface area (Å²) >= 11 is 6.21. The van der Waals surface area contributed by atoms with Crippen LogP contribution in [0.5, 0.6) is 5.75 Å². The third-order valence-corrected chi connectivity index (χ3v) is 7.90. The monoisotopic (exact) mass is 427 g/mol. The van der Waals surface area contributed by atoms with Gasteiger partial charge in [-0.1, -0.05) is 44.5 Å². The molecule has 0 aliphatic heterocycles. The highest BCUT2D eigenvalue weighted by Crippen LogP contribution is 2.57. The number of aliphatic hydroxyl groups is 1. The summed E-state index contributed by atoms with van der Waals surface area (Å²) < 4.78 is 5.66.